The monoisotopic (exact) mass is 421 g/mol. The molecule has 3 rings (SSSR count). The van der Waals surface area contributed by atoms with Gasteiger partial charge in [0.15, 0.2) is 5.11 Å². The third-order valence-electron chi connectivity index (χ3n) is 3.87. The molecule has 1 aliphatic heterocycles. The summed E-state index contributed by atoms with van der Waals surface area (Å²) in [6, 6.07) is 7.83. The maximum Gasteiger partial charge on any atom is 0.225 e. The van der Waals surface area contributed by atoms with Crippen molar-refractivity contribution in [3.05, 3.63) is 41.1 Å². The summed E-state index contributed by atoms with van der Waals surface area (Å²) in [5, 5.41) is 4.03. The van der Waals surface area contributed by atoms with Crippen LogP contribution in [-0.4, -0.2) is 52.8 Å². The molecule has 0 bridgehead atoms. The van der Waals surface area contributed by atoms with E-state index in [0.717, 1.165) is 53.1 Å². The number of thiocarbonyl (C=S) groups is 1. The van der Waals surface area contributed by atoms with E-state index >= 15 is 0 Å². The Kier molecular flexibility index (Phi) is 6.04. The molecule has 0 radical (unpaired) electrons. The van der Waals surface area contributed by atoms with Crippen molar-refractivity contribution in [1.29, 1.82) is 0 Å². The second-order valence-corrected chi connectivity index (χ2v) is 6.87. The molecule has 1 aliphatic rings. The fraction of sp³-hybridized carbons (Fsp3) is 0.353. The summed E-state index contributed by atoms with van der Waals surface area (Å²) < 4.78 is 6.34. The van der Waals surface area contributed by atoms with Gasteiger partial charge in [-0.25, -0.2) is 9.97 Å². The average Bonchev–Trinajstić information content (AvgIpc) is 2.64. The van der Waals surface area contributed by atoms with Crippen molar-refractivity contribution in [3.8, 4) is 5.75 Å². The molecule has 0 atom stereocenters. The van der Waals surface area contributed by atoms with E-state index in [1.54, 1.807) is 12.4 Å². The third-order valence-corrected chi connectivity index (χ3v) is 4.64. The Balaban J connectivity index is 1.51. The molecule has 6 nitrogen and oxygen atoms in total. The number of hydrogen-bond acceptors (Lipinski definition) is 5. The van der Waals surface area contributed by atoms with Gasteiger partial charge in [0.25, 0.3) is 0 Å². The number of aromatic nitrogens is 2. The van der Waals surface area contributed by atoms with Crippen molar-refractivity contribution >= 4 is 44.9 Å². The Bertz CT molecular complexity index is 702. The molecular formula is C17H20BrN5OS. The number of nitrogens with one attached hydrogen (secondary N) is 1. The van der Waals surface area contributed by atoms with Gasteiger partial charge in [0.05, 0.1) is 11.1 Å². The lowest BCUT2D eigenvalue weighted by molar-refractivity contribution is 0.340. The van der Waals surface area contributed by atoms with E-state index in [9.17, 15) is 0 Å². The molecule has 0 spiro atoms. The lowest BCUT2D eigenvalue weighted by Crippen LogP contribution is -2.50. The van der Waals surface area contributed by atoms with Crippen LogP contribution in [0, 0.1) is 0 Å². The highest BCUT2D eigenvalue weighted by molar-refractivity contribution is 9.10. The van der Waals surface area contributed by atoms with E-state index in [0.29, 0.717) is 6.61 Å². The largest absolute Gasteiger partial charge is 0.494 e. The number of rotatable bonds is 4. The van der Waals surface area contributed by atoms with Crippen LogP contribution < -0.4 is 15.0 Å². The highest BCUT2D eigenvalue weighted by Gasteiger charge is 2.20. The molecule has 2 heterocycles. The fourth-order valence-electron chi connectivity index (χ4n) is 2.58. The Labute approximate surface area is 161 Å². The van der Waals surface area contributed by atoms with Crippen LogP contribution in [0.15, 0.2) is 41.1 Å². The number of anilines is 2. The van der Waals surface area contributed by atoms with Crippen LogP contribution in [0.5, 0.6) is 5.75 Å². The van der Waals surface area contributed by atoms with E-state index in [1.807, 2.05) is 31.2 Å². The molecule has 25 heavy (non-hydrogen) atoms. The predicted octanol–water partition coefficient (Wildman–Crippen LogP) is 3.16. The zero-order valence-electron chi connectivity index (χ0n) is 14.0. The van der Waals surface area contributed by atoms with E-state index in [1.165, 1.54) is 0 Å². The first kappa shape index (κ1) is 17.9. The molecule has 1 fully saturated rings. The first-order valence-electron chi connectivity index (χ1n) is 8.17. The van der Waals surface area contributed by atoms with E-state index in [-0.39, 0.29) is 0 Å². The lowest BCUT2D eigenvalue weighted by atomic mass is 10.3. The molecule has 1 aromatic heterocycles. The van der Waals surface area contributed by atoms with Crippen LogP contribution in [0.2, 0.25) is 0 Å². The van der Waals surface area contributed by atoms with Crippen LogP contribution in [0.3, 0.4) is 0 Å². The van der Waals surface area contributed by atoms with Crippen molar-refractivity contribution in [2.75, 3.05) is 43.0 Å². The minimum absolute atomic E-state index is 0.664. The van der Waals surface area contributed by atoms with Crippen molar-refractivity contribution in [2.45, 2.75) is 6.92 Å². The summed E-state index contributed by atoms with van der Waals surface area (Å²) in [7, 11) is 0. The zero-order chi connectivity index (χ0) is 17.6. The fourth-order valence-corrected chi connectivity index (χ4v) is 3.09. The highest BCUT2D eigenvalue weighted by atomic mass is 79.9. The van der Waals surface area contributed by atoms with Crippen LogP contribution >= 0.6 is 28.1 Å². The second kappa shape index (κ2) is 8.44. The topological polar surface area (TPSA) is 53.5 Å². The first-order valence-corrected chi connectivity index (χ1v) is 9.37. The van der Waals surface area contributed by atoms with Crippen LogP contribution in [0.1, 0.15) is 6.92 Å². The lowest BCUT2D eigenvalue weighted by Gasteiger charge is -2.36. The number of hydrogen-bond donors (Lipinski definition) is 1. The van der Waals surface area contributed by atoms with E-state index in [4.69, 9.17) is 17.0 Å². The van der Waals surface area contributed by atoms with Crippen molar-refractivity contribution in [1.82, 2.24) is 14.9 Å². The van der Waals surface area contributed by atoms with Gasteiger partial charge in [-0.05, 0) is 59.3 Å². The maximum atomic E-state index is 5.54. The molecule has 0 aliphatic carbocycles. The molecule has 0 saturated carbocycles. The third kappa shape index (κ3) is 4.79. The molecule has 2 aromatic rings. The minimum atomic E-state index is 0.664. The average molecular weight is 422 g/mol. The molecule has 1 aromatic carbocycles. The molecule has 132 valence electrons. The quantitative estimate of drug-likeness (QED) is 0.760. The number of ether oxygens (including phenoxy) is 1. The number of benzene rings is 1. The van der Waals surface area contributed by atoms with E-state index in [2.05, 4.69) is 41.0 Å². The van der Waals surface area contributed by atoms with Gasteiger partial charge >= 0.3 is 0 Å². The van der Waals surface area contributed by atoms with Gasteiger partial charge in [0.1, 0.15) is 5.75 Å². The SMILES string of the molecule is CCOc1ccc(NC(=S)N2CCN(c3ncc(Br)cn3)CC2)cc1. The number of nitrogens with zero attached hydrogens (tertiary/aromatic N) is 4. The van der Waals surface area contributed by atoms with Gasteiger partial charge in [0, 0.05) is 44.3 Å². The molecule has 0 unspecified atom stereocenters. The summed E-state index contributed by atoms with van der Waals surface area (Å²) in [6.07, 6.45) is 3.54. The molecular weight excluding hydrogens is 402 g/mol. The highest BCUT2D eigenvalue weighted by Crippen LogP contribution is 2.17. The van der Waals surface area contributed by atoms with Crippen molar-refractivity contribution in [3.63, 3.8) is 0 Å². The van der Waals surface area contributed by atoms with Crippen LogP contribution in [-0.2, 0) is 0 Å². The van der Waals surface area contributed by atoms with Crippen LogP contribution in [0.25, 0.3) is 0 Å². The second-order valence-electron chi connectivity index (χ2n) is 5.56. The van der Waals surface area contributed by atoms with E-state index < -0.39 is 0 Å². The summed E-state index contributed by atoms with van der Waals surface area (Å²) in [5.74, 6) is 1.62. The Morgan fingerprint density at radius 1 is 1.16 bits per heavy atom. The summed E-state index contributed by atoms with van der Waals surface area (Å²) >= 11 is 8.90. The van der Waals surface area contributed by atoms with Gasteiger partial charge in [-0.1, -0.05) is 0 Å². The standard InChI is InChI=1S/C17H20BrN5OS/c1-2-24-15-5-3-14(4-6-15)21-17(25)23-9-7-22(8-10-23)16-19-11-13(18)12-20-16/h3-6,11-12H,2,7-10H2,1H3,(H,21,25). The zero-order valence-corrected chi connectivity index (χ0v) is 16.4. The Morgan fingerprint density at radius 3 is 2.40 bits per heavy atom. The molecule has 1 saturated heterocycles. The summed E-state index contributed by atoms with van der Waals surface area (Å²) in [4.78, 5) is 13.0. The Hall–Kier alpha value is -1.93. The van der Waals surface area contributed by atoms with Crippen molar-refractivity contribution in [2.24, 2.45) is 0 Å². The summed E-state index contributed by atoms with van der Waals surface area (Å²) in [6.45, 7) is 5.99. The normalized spacial score (nSPS) is 14.3. The van der Waals surface area contributed by atoms with Gasteiger partial charge in [-0.3, -0.25) is 0 Å². The number of halogens is 1. The Morgan fingerprint density at radius 2 is 1.80 bits per heavy atom. The molecule has 8 heteroatoms. The summed E-state index contributed by atoms with van der Waals surface area (Å²) in [5.41, 5.74) is 0.965. The molecule has 1 N–H and O–H groups in total. The van der Waals surface area contributed by atoms with Gasteiger partial charge in [0.2, 0.25) is 5.95 Å². The van der Waals surface area contributed by atoms with Crippen molar-refractivity contribution < 1.29 is 4.74 Å². The van der Waals surface area contributed by atoms with Gasteiger partial charge < -0.3 is 19.9 Å². The first-order chi connectivity index (χ1) is 12.2. The molecule has 0 amide bonds. The van der Waals surface area contributed by atoms with Gasteiger partial charge in [-0.15, -0.1) is 0 Å². The maximum absolute atomic E-state index is 5.54. The van der Waals surface area contributed by atoms with Crippen LogP contribution in [0.4, 0.5) is 11.6 Å². The smallest absolute Gasteiger partial charge is 0.225 e. The number of piperazine rings is 1. The minimum Gasteiger partial charge on any atom is -0.494 e. The predicted molar refractivity (Wildman–Crippen MR) is 107 cm³/mol. The van der Waals surface area contributed by atoms with Gasteiger partial charge in [-0.2, -0.15) is 0 Å².